The van der Waals surface area contributed by atoms with Crippen molar-refractivity contribution >= 4 is 42.7 Å². The molecule has 0 spiro atoms. The van der Waals surface area contributed by atoms with Crippen LogP contribution in [0.5, 0.6) is 0 Å². The minimum Gasteiger partial charge on any atom is -0.382 e. The summed E-state index contributed by atoms with van der Waals surface area (Å²) < 4.78 is 27.7. The molecule has 124 valence electrons. The average Bonchev–Trinajstić information content (AvgIpc) is 2.59. The standard InChI is InChI=1S/C16H15BrN4O2S/c17-12-10-15-16(20-11-12)14(6-7-18-15)19-8-9-21-24(22,23)13-4-2-1-3-5-13/h1-7,10-11,21H,8-9H2,(H,18,19). The van der Waals surface area contributed by atoms with Crippen molar-refractivity contribution in [1.29, 1.82) is 0 Å². The van der Waals surface area contributed by atoms with Gasteiger partial charge in [-0.15, -0.1) is 0 Å². The molecule has 0 aliphatic heterocycles. The molecule has 0 fully saturated rings. The summed E-state index contributed by atoms with van der Waals surface area (Å²) in [6.45, 7) is 0.695. The highest BCUT2D eigenvalue weighted by atomic mass is 79.9. The van der Waals surface area contributed by atoms with E-state index >= 15 is 0 Å². The zero-order valence-electron chi connectivity index (χ0n) is 12.6. The summed E-state index contributed by atoms with van der Waals surface area (Å²) >= 11 is 3.37. The van der Waals surface area contributed by atoms with Crippen molar-refractivity contribution in [2.24, 2.45) is 0 Å². The second-order valence-electron chi connectivity index (χ2n) is 5.02. The maximum Gasteiger partial charge on any atom is 0.240 e. The van der Waals surface area contributed by atoms with Gasteiger partial charge < -0.3 is 5.32 Å². The van der Waals surface area contributed by atoms with E-state index in [4.69, 9.17) is 0 Å². The Kier molecular flexibility index (Phi) is 5.08. The van der Waals surface area contributed by atoms with Crippen LogP contribution >= 0.6 is 15.9 Å². The van der Waals surface area contributed by atoms with E-state index in [1.807, 2.05) is 12.1 Å². The van der Waals surface area contributed by atoms with Gasteiger partial charge in [-0.05, 0) is 40.2 Å². The van der Waals surface area contributed by atoms with Crippen molar-refractivity contribution < 1.29 is 8.42 Å². The number of nitrogens with one attached hydrogen (secondary N) is 2. The van der Waals surface area contributed by atoms with E-state index in [0.717, 1.165) is 21.2 Å². The third-order valence-corrected chi connectivity index (χ3v) is 5.24. The minimum atomic E-state index is -3.49. The Bertz CT molecular complexity index is 949. The van der Waals surface area contributed by atoms with Gasteiger partial charge in [-0.3, -0.25) is 9.97 Å². The van der Waals surface area contributed by atoms with Crippen molar-refractivity contribution in [3.63, 3.8) is 0 Å². The van der Waals surface area contributed by atoms with Crippen molar-refractivity contribution in [3.8, 4) is 0 Å². The first-order valence-corrected chi connectivity index (χ1v) is 9.53. The van der Waals surface area contributed by atoms with E-state index in [1.54, 1.807) is 42.7 Å². The maximum absolute atomic E-state index is 12.1. The smallest absolute Gasteiger partial charge is 0.240 e. The van der Waals surface area contributed by atoms with Gasteiger partial charge in [-0.25, -0.2) is 13.1 Å². The first-order valence-electron chi connectivity index (χ1n) is 7.25. The van der Waals surface area contributed by atoms with E-state index in [1.165, 1.54) is 0 Å². The fourth-order valence-electron chi connectivity index (χ4n) is 2.21. The number of pyridine rings is 2. The molecule has 0 aliphatic carbocycles. The molecule has 2 heterocycles. The van der Waals surface area contributed by atoms with Crippen molar-refractivity contribution in [2.75, 3.05) is 18.4 Å². The van der Waals surface area contributed by atoms with E-state index in [2.05, 4.69) is 35.9 Å². The number of fused-ring (bicyclic) bond motifs is 1. The molecule has 0 unspecified atom stereocenters. The molecule has 24 heavy (non-hydrogen) atoms. The molecule has 1 aromatic carbocycles. The molecular weight excluding hydrogens is 392 g/mol. The van der Waals surface area contributed by atoms with Crippen molar-refractivity contribution in [2.45, 2.75) is 4.90 Å². The van der Waals surface area contributed by atoms with Gasteiger partial charge in [0.25, 0.3) is 0 Å². The molecule has 0 amide bonds. The lowest BCUT2D eigenvalue weighted by molar-refractivity contribution is 0.583. The second-order valence-corrected chi connectivity index (χ2v) is 7.70. The first kappa shape index (κ1) is 16.8. The normalized spacial score (nSPS) is 11.5. The number of rotatable bonds is 6. The summed E-state index contributed by atoms with van der Waals surface area (Å²) in [6.07, 6.45) is 3.39. The topological polar surface area (TPSA) is 84.0 Å². The summed E-state index contributed by atoms with van der Waals surface area (Å²) in [5.41, 5.74) is 2.32. The Morgan fingerprint density at radius 2 is 1.83 bits per heavy atom. The van der Waals surface area contributed by atoms with E-state index in [9.17, 15) is 8.42 Å². The number of aromatic nitrogens is 2. The molecular formula is C16H15BrN4O2S. The van der Waals surface area contributed by atoms with Crippen LogP contribution in [-0.2, 0) is 10.0 Å². The molecule has 3 rings (SSSR count). The van der Waals surface area contributed by atoms with Crippen LogP contribution in [0.2, 0.25) is 0 Å². The molecule has 0 bridgehead atoms. The summed E-state index contributed by atoms with van der Waals surface area (Å²) in [5.74, 6) is 0. The number of hydrogen-bond donors (Lipinski definition) is 2. The van der Waals surface area contributed by atoms with Crippen molar-refractivity contribution in [1.82, 2.24) is 14.7 Å². The largest absolute Gasteiger partial charge is 0.382 e. The third kappa shape index (κ3) is 3.89. The zero-order valence-corrected chi connectivity index (χ0v) is 15.0. The molecule has 0 atom stereocenters. The van der Waals surface area contributed by atoms with Gasteiger partial charge in [0, 0.05) is 30.0 Å². The number of halogens is 1. The molecule has 0 aliphatic rings. The van der Waals surface area contributed by atoms with Gasteiger partial charge in [0.1, 0.15) is 5.52 Å². The van der Waals surface area contributed by atoms with Crippen LogP contribution < -0.4 is 10.0 Å². The highest BCUT2D eigenvalue weighted by Crippen LogP contribution is 2.21. The van der Waals surface area contributed by atoms with Gasteiger partial charge in [0.05, 0.1) is 16.1 Å². The monoisotopic (exact) mass is 406 g/mol. The van der Waals surface area contributed by atoms with Gasteiger partial charge in [-0.1, -0.05) is 18.2 Å². The van der Waals surface area contributed by atoms with Gasteiger partial charge in [0.15, 0.2) is 0 Å². The Balaban J connectivity index is 1.63. The number of benzene rings is 1. The molecule has 6 nitrogen and oxygen atoms in total. The zero-order chi connectivity index (χ0) is 17.0. The van der Waals surface area contributed by atoms with Crippen LogP contribution in [0.15, 0.2) is 64.2 Å². The quantitative estimate of drug-likeness (QED) is 0.614. The Morgan fingerprint density at radius 3 is 2.62 bits per heavy atom. The van der Waals surface area contributed by atoms with Gasteiger partial charge in [0.2, 0.25) is 10.0 Å². The molecule has 0 radical (unpaired) electrons. The van der Waals surface area contributed by atoms with Crippen LogP contribution in [0.3, 0.4) is 0 Å². The maximum atomic E-state index is 12.1. The van der Waals surface area contributed by atoms with Gasteiger partial charge in [-0.2, -0.15) is 0 Å². The van der Waals surface area contributed by atoms with Crippen LogP contribution in [0.25, 0.3) is 11.0 Å². The van der Waals surface area contributed by atoms with Crippen LogP contribution in [0.1, 0.15) is 0 Å². The fraction of sp³-hybridized carbons (Fsp3) is 0.125. The number of nitrogens with zero attached hydrogens (tertiary/aromatic N) is 2. The van der Waals surface area contributed by atoms with Crippen molar-refractivity contribution in [3.05, 3.63) is 59.3 Å². The lowest BCUT2D eigenvalue weighted by Crippen LogP contribution is -2.28. The molecule has 2 aromatic heterocycles. The lowest BCUT2D eigenvalue weighted by Gasteiger charge is -2.10. The van der Waals surface area contributed by atoms with Gasteiger partial charge >= 0.3 is 0 Å². The molecule has 3 aromatic rings. The highest BCUT2D eigenvalue weighted by Gasteiger charge is 2.12. The van der Waals surface area contributed by atoms with E-state index in [0.29, 0.717) is 6.54 Å². The molecule has 0 saturated heterocycles. The first-order chi connectivity index (χ1) is 11.6. The number of hydrogen-bond acceptors (Lipinski definition) is 5. The Hall–Kier alpha value is -2.03. The van der Waals surface area contributed by atoms with Crippen LogP contribution in [-0.4, -0.2) is 31.5 Å². The molecule has 0 saturated carbocycles. The summed E-state index contributed by atoms with van der Waals surface area (Å²) in [6, 6.07) is 12.0. The summed E-state index contributed by atoms with van der Waals surface area (Å²) in [5, 5.41) is 3.19. The Morgan fingerprint density at radius 1 is 1.04 bits per heavy atom. The van der Waals surface area contributed by atoms with Crippen LogP contribution in [0.4, 0.5) is 5.69 Å². The average molecular weight is 407 g/mol. The fourth-order valence-corrected chi connectivity index (χ4v) is 3.59. The Labute approximate surface area is 148 Å². The number of anilines is 1. The summed E-state index contributed by atoms with van der Waals surface area (Å²) in [7, 11) is -3.49. The number of sulfonamides is 1. The lowest BCUT2D eigenvalue weighted by atomic mass is 10.3. The molecule has 2 N–H and O–H groups in total. The SMILES string of the molecule is O=S(=O)(NCCNc1ccnc2cc(Br)cnc12)c1ccccc1. The predicted octanol–water partition coefficient (Wildman–Crippen LogP) is 2.78. The predicted molar refractivity (Wildman–Crippen MR) is 97.4 cm³/mol. The third-order valence-electron chi connectivity index (χ3n) is 3.33. The minimum absolute atomic E-state index is 0.255. The summed E-state index contributed by atoms with van der Waals surface area (Å²) in [4.78, 5) is 8.87. The second kappa shape index (κ2) is 7.25. The van der Waals surface area contributed by atoms with E-state index in [-0.39, 0.29) is 11.4 Å². The molecule has 8 heteroatoms. The van der Waals surface area contributed by atoms with Crippen LogP contribution in [0, 0.1) is 0 Å². The highest BCUT2D eigenvalue weighted by molar-refractivity contribution is 9.10. The van der Waals surface area contributed by atoms with E-state index < -0.39 is 10.0 Å².